The van der Waals surface area contributed by atoms with E-state index in [2.05, 4.69) is 17.1 Å². The Balaban J connectivity index is 2.21. The Labute approximate surface area is 108 Å². The van der Waals surface area contributed by atoms with Crippen molar-refractivity contribution in [3.8, 4) is 0 Å². The largest absolute Gasteiger partial charge is 0.298 e. The number of benzene rings is 2. The SMILES string of the molecule is CN(N)/C(=N\Cc1ccccc1)c1ccccc1. The molecule has 2 aromatic rings. The predicted octanol–water partition coefficient (Wildman–Crippen LogP) is 2.44. The van der Waals surface area contributed by atoms with Crippen LogP contribution in [0.1, 0.15) is 11.1 Å². The van der Waals surface area contributed by atoms with Gasteiger partial charge in [-0.1, -0.05) is 60.7 Å². The zero-order valence-corrected chi connectivity index (χ0v) is 10.5. The molecule has 0 heterocycles. The van der Waals surface area contributed by atoms with Gasteiger partial charge in [0.25, 0.3) is 0 Å². The molecule has 0 aliphatic rings. The highest BCUT2D eigenvalue weighted by molar-refractivity contribution is 5.98. The Hall–Kier alpha value is -2.13. The molecule has 92 valence electrons. The zero-order valence-electron chi connectivity index (χ0n) is 10.5. The van der Waals surface area contributed by atoms with Crippen LogP contribution in [0.5, 0.6) is 0 Å². The molecule has 2 rings (SSSR count). The summed E-state index contributed by atoms with van der Waals surface area (Å²) in [6, 6.07) is 20.1. The second-order valence-corrected chi connectivity index (χ2v) is 4.10. The Bertz CT molecular complexity index is 504. The normalized spacial score (nSPS) is 11.3. The molecule has 18 heavy (non-hydrogen) atoms. The summed E-state index contributed by atoms with van der Waals surface area (Å²) in [7, 11) is 1.80. The van der Waals surface area contributed by atoms with E-state index in [9.17, 15) is 0 Å². The lowest BCUT2D eigenvalue weighted by Gasteiger charge is -2.15. The monoisotopic (exact) mass is 239 g/mol. The summed E-state index contributed by atoms with van der Waals surface area (Å²) in [6.45, 7) is 0.632. The van der Waals surface area contributed by atoms with Gasteiger partial charge in [-0.2, -0.15) is 0 Å². The van der Waals surface area contributed by atoms with E-state index >= 15 is 0 Å². The van der Waals surface area contributed by atoms with Crippen LogP contribution in [0.25, 0.3) is 0 Å². The first-order chi connectivity index (χ1) is 8.77. The molecule has 0 radical (unpaired) electrons. The topological polar surface area (TPSA) is 41.6 Å². The van der Waals surface area contributed by atoms with Gasteiger partial charge in [-0.25, -0.2) is 5.84 Å². The maximum absolute atomic E-state index is 5.84. The molecule has 0 spiro atoms. The Morgan fingerprint density at radius 2 is 1.56 bits per heavy atom. The van der Waals surface area contributed by atoms with Crippen molar-refractivity contribution >= 4 is 5.84 Å². The van der Waals surface area contributed by atoms with Crippen molar-refractivity contribution in [2.24, 2.45) is 10.8 Å². The molecule has 0 aliphatic heterocycles. The van der Waals surface area contributed by atoms with Crippen molar-refractivity contribution in [3.05, 3.63) is 71.8 Å². The number of hydrogen-bond acceptors (Lipinski definition) is 2. The number of hydrazine groups is 1. The maximum atomic E-state index is 5.84. The minimum Gasteiger partial charge on any atom is -0.298 e. The fraction of sp³-hybridized carbons (Fsp3) is 0.133. The number of amidine groups is 1. The molecule has 0 unspecified atom stereocenters. The van der Waals surface area contributed by atoms with E-state index in [-0.39, 0.29) is 0 Å². The van der Waals surface area contributed by atoms with E-state index in [1.807, 2.05) is 48.5 Å². The van der Waals surface area contributed by atoms with E-state index in [0.717, 1.165) is 11.4 Å². The Morgan fingerprint density at radius 1 is 1.00 bits per heavy atom. The summed E-state index contributed by atoms with van der Waals surface area (Å²) in [6.07, 6.45) is 0. The van der Waals surface area contributed by atoms with Gasteiger partial charge in [0.2, 0.25) is 0 Å². The van der Waals surface area contributed by atoms with E-state index in [0.29, 0.717) is 6.54 Å². The van der Waals surface area contributed by atoms with Crippen LogP contribution in [-0.4, -0.2) is 17.9 Å². The second kappa shape index (κ2) is 5.98. The summed E-state index contributed by atoms with van der Waals surface area (Å²) in [5.74, 6) is 6.63. The minimum absolute atomic E-state index is 0.632. The van der Waals surface area contributed by atoms with Crippen LogP contribution in [0.15, 0.2) is 65.7 Å². The number of nitrogens with two attached hydrogens (primary N) is 1. The molecule has 0 bridgehead atoms. The first-order valence-electron chi connectivity index (χ1n) is 5.89. The van der Waals surface area contributed by atoms with Crippen LogP contribution >= 0.6 is 0 Å². The van der Waals surface area contributed by atoms with Gasteiger partial charge in [0.15, 0.2) is 0 Å². The van der Waals surface area contributed by atoms with Gasteiger partial charge in [0.05, 0.1) is 6.54 Å². The molecular formula is C15H17N3. The van der Waals surface area contributed by atoms with Crippen molar-refractivity contribution in [2.45, 2.75) is 6.54 Å². The third-order valence-electron chi connectivity index (χ3n) is 2.62. The van der Waals surface area contributed by atoms with Gasteiger partial charge in [-0.3, -0.25) is 10.0 Å². The lowest BCUT2D eigenvalue weighted by molar-refractivity contribution is 0.536. The minimum atomic E-state index is 0.632. The average Bonchev–Trinajstić information content (AvgIpc) is 2.41. The molecule has 0 fully saturated rings. The van der Waals surface area contributed by atoms with E-state index in [1.54, 1.807) is 12.1 Å². The number of nitrogens with zero attached hydrogens (tertiary/aromatic N) is 2. The van der Waals surface area contributed by atoms with Gasteiger partial charge in [0, 0.05) is 12.6 Å². The Morgan fingerprint density at radius 3 is 2.11 bits per heavy atom. The third-order valence-corrected chi connectivity index (χ3v) is 2.62. The van der Waals surface area contributed by atoms with Crippen molar-refractivity contribution < 1.29 is 0 Å². The summed E-state index contributed by atoms with van der Waals surface area (Å²) in [5.41, 5.74) is 2.20. The van der Waals surface area contributed by atoms with Crippen LogP contribution in [0.3, 0.4) is 0 Å². The molecule has 0 aliphatic carbocycles. The molecule has 0 atom stereocenters. The van der Waals surface area contributed by atoms with Crippen LogP contribution in [0.4, 0.5) is 0 Å². The van der Waals surface area contributed by atoms with Crippen molar-refractivity contribution in [3.63, 3.8) is 0 Å². The summed E-state index contributed by atoms with van der Waals surface area (Å²) < 4.78 is 0. The quantitative estimate of drug-likeness (QED) is 0.387. The molecular weight excluding hydrogens is 222 g/mol. The summed E-state index contributed by atoms with van der Waals surface area (Å²) >= 11 is 0. The average molecular weight is 239 g/mol. The first-order valence-corrected chi connectivity index (χ1v) is 5.89. The molecule has 0 aromatic heterocycles. The predicted molar refractivity (Wildman–Crippen MR) is 75.1 cm³/mol. The van der Waals surface area contributed by atoms with Gasteiger partial charge in [-0.15, -0.1) is 0 Å². The molecule has 3 heteroatoms. The van der Waals surface area contributed by atoms with E-state index < -0.39 is 0 Å². The summed E-state index contributed by atoms with van der Waals surface area (Å²) in [5, 5.41) is 1.55. The van der Waals surface area contributed by atoms with Crippen molar-refractivity contribution in [2.75, 3.05) is 7.05 Å². The van der Waals surface area contributed by atoms with E-state index in [1.165, 1.54) is 5.56 Å². The Kier molecular flexibility index (Phi) is 4.10. The van der Waals surface area contributed by atoms with Crippen molar-refractivity contribution in [1.29, 1.82) is 0 Å². The van der Waals surface area contributed by atoms with Crippen LogP contribution in [-0.2, 0) is 6.54 Å². The van der Waals surface area contributed by atoms with Crippen LogP contribution < -0.4 is 5.84 Å². The smallest absolute Gasteiger partial charge is 0.145 e. The highest BCUT2D eigenvalue weighted by atomic mass is 15.4. The molecule has 0 saturated heterocycles. The third kappa shape index (κ3) is 3.18. The van der Waals surface area contributed by atoms with E-state index in [4.69, 9.17) is 5.84 Å². The highest BCUT2D eigenvalue weighted by Crippen LogP contribution is 2.06. The number of rotatable bonds is 3. The van der Waals surface area contributed by atoms with Gasteiger partial charge >= 0.3 is 0 Å². The van der Waals surface area contributed by atoms with Crippen LogP contribution in [0, 0.1) is 0 Å². The molecule has 3 nitrogen and oxygen atoms in total. The first kappa shape index (κ1) is 12.3. The molecule has 0 saturated carbocycles. The van der Waals surface area contributed by atoms with Crippen molar-refractivity contribution in [1.82, 2.24) is 5.01 Å². The number of hydrogen-bond donors (Lipinski definition) is 1. The number of aliphatic imine (C=N–C) groups is 1. The lowest BCUT2D eigenvalue weighted by Crippen LogP contribution is -2.34. The fourth-order valence-electron chi connectivity index (χ4n) is 1.74. The van der Waals surface area contributed by atoms with Gasteiger partial charge in [-0.05, 0) is 5.56 Å². The summed E-state index contributed by atoms with van der Waals surface area (Å²) in [4.78, 5) is 4.58. The molecule has 0 amide bonds. The maximum Gasteiger partial charge on any atom is 0.145 e. The molecule has 2 aromatic carbocycles. The van der Waals surface area contributed by atoms with Gasteiger partial charge < -0.3 is 0 Å². The fourth-order valence-corrected chi connectivity index (χ4v) is 1.74. The van der Waals surface area contributed by atoms with Gasteiger partial charge in [0.1, 0.15) is 5.84 Å². The van der Waals surface area contributed by atoms with Crippen LogP contribution in [0.2, 0.25) is 0 Å². The lowest BCUT2D eigenvalue weighted by atomic mass is 10.2. The highest BCUT2D eigenvalue weighted by Gasteiger charge is 2.05. The standard InChI is InChI=1S/C15H17N3/c1-18(16)15(14-10-6-3-7-11-14)17-12-13-8-4-2-5-9-13/h2-11H,12,16H2,1H3/b17-15-. The molecule has 2 N–H and O–H groups in total. The second-order valence-electron chi connectivity index (χ2n) is 4.10. The zero-order chi connectivity index (χ0) is 12.8.